The third-order valence-electron chi connectivity index (χ3n) is 2.92. The van der Waals surface area contributed by atoms with Gasteiger partial charge < -0.3 is 5.32 Å². The second kappa shape index (κ2) is 6.53. The van der Waals surface area contributed by atoms with Gasteiger partial charge in [-0.2, -0.15) is 13.2 Å². The van der Waals surface area contributed by atoms with Gasteiger partial charge in [-0.15, -0.1) is 11.3 Å². The van der Waals surface area contributed by atoms with E-state index in [0.29, 0.717) is 22.8 Å². The van der Waals surface area contributed by atoms with E-state index in [4.69, 9.17) is 0 Å². The van der Waals surface area contributed by atoms with E-state index in [-0.39, 0.29) is 6.04 Å². The normalized spacial score (nSPS) is 13.4. The Balaban J connectivity index is 2.31. The zero-order valence-electron chi connectivity index (χ0n) is 11.7. The number of hydrogen-bond acceptors (Lipinski definition) is 4. The van der Waals surface area contributed by atoms with E-state index in [1.54, 1.807) is 6.20 Å². The van der Waals surface area contributed by atoms with E-state index in [0.717, 1.165) is 17.7 Å². The molecule has 114 valence electrons. The molecule has 0 aliphatic carbocycles. The summed E-state index contributed by atoms with van der Waals surface area (Å²) < 4.78 is 38.1. The van der Waals surface area contributed by atoms with Crippen LogP contribution in [0.1, 0.15) is 40.5 Å². The molecule has 1 N–H and O–H groups in total. The molecule has 2 rings (SSSR count). The monoisotopic (exact) mass is 315 g/mol. The Bertz CT molecular complexity index is 578. The molecule has 2 heterocycles. The Hall–Kier alpha value is -1.47. The Labute approximate surface area is 125 Å². The zero-order valence-corrected chi connectivity index (χ0v) is 12.6. The summed E-state index contributed by atoms with van der Waals surface area (Å²) in [4.78, 5) is 8.25. The maximum atomic E-state index is 12.7. The molecule has 0 saturated carbocycles. The molecule has 0 spiro atoms. The minimum atomic E-state index is -4.40. The number of thiazole rings is 1. The predicted octanol–water partition coefficient (Wildman–Crippen LogP) is 3.95. The van der Waals surface area contributed by atoms with Gasteiger partial charge in [0.25, 0.3) is 0 Å². The van der Waals surface area contributed by atoms with Crippen molar-refractivity contribution in [2.75, 3.05) is 6.54 Å². The number of pyridine rings is 1. The number of halogens is 3. The van der Waals surface area contributed by atoms with Gasteiger partial charge in [0.05, 0.1) is 6.04 Å². The molecule has 3 nitrogen and oxygen atoms in total. The molecule has 0 amide bonds. The lowest BCUT2D eigenvalue weighted by Crippen LogP contribution is -2.22. The molecule has 2 aromatic heterocycles. The Morgan fingerprint density at radius 3 is 2.52 bits per heavy atom. The smallest absolute Gasteiger partial charge is 0.306 e. The van der Waals surface area contributed by atoms with Crippen LogP contribution in [0, 0.1) is 6.92 Å². The molecule has 1 unspecified atom stereocenters. The van der Waals surface area contributed by atoms with Gasteiger partial charge in [-0.1, -0.05) is 13.0 Å². The van der Waals surface area contributed by atoms with E-state index in [9.17, 15) is 13.2 Å². The quantitative estimate of drug-likeness (QED) is 0.907. The molecule has 0 saturated heterocycles. The summed E-state index contributed by atoms with van der Waals surface area (Å²) in [6.45, 7) is 4.58. The van der Waals surface area contributed by atoms with Crippen LogP contribution in [0.2, 0.25) is 0 Å². The van der Waals surface area contributed by atoms with Gasteiger partial charge in [-0.3, -0.25) is 4.98 Å². The Morgan fingerprint density at radius 1 is 1.24 bits per heavy atom. The maximum Gasteiger partial charge on any atom is 0.443 e. The van der Waals surface area contributed by atoms with Gasteiger partial charge in [0.15, 0.2) is 5.01 Å². The molecule has 0 bridgehead atoms. The zero-order chi connectivity index (χ0) is 15.5. The Kier molecular flexibility index (Phi) is 4.95. The van der Waals surface area contributed by atoms with Crippen LogP contribution in [0.25, 0.3) is 0 Å². The average Bonchev–Trinajstić information content (AvgIpc) is 2.91. The van der Waals surface area contributed by atoms with Gasteiger partial charge in [0.2, 0.25) is 0 Å². The summed E-state index contributed by atoms with van der Waals surface area (Å²) in [5.41, 5.74) is 1.71. The lowest BCUT2D eigenvalue weighted by molar-refractivity contribution is -0.137. The number of hydrogen-bond donors (Lipinski definition) is 1. The minimum Gasteiger partial charge on any atom is -0.306 e. The first kappa shape index (κ1) is 15.9. The number of aryl methyl sites for hydroxylation is 1. The fraction of sp³-hybridized carbons (Fsp3) is 0.429. The van der Waals surface area contributed by atoms with Crippen molar-refractivity contribution in [1.29, 1.82) is 0 Å². The second-order valence-corrected chi connectivity index (χ2v) is 5.75. The number of nitrogens with one attached hydrogen (secondary N) is 1. The first-order valence-electron chi connectivity index (χ1n) is 6.60. The van der Waals surface area contributed by atoms with Crippen LogP contribution in [0.4, 0.5) is 13.2 Å². The Morgan fingerprint density at radius 2 is 2.00 bits per heavy atom. The van der Waals surface area contributed by atoms with Crippen molar-refractivity contribution in [3.05, 3.63) is 45.7 Å². The van der Waals surface area contributed by atoms with Crippen LogP contribution in [-0.2, 0) is 6.18 Å². The lowest BCUT2D eigenvalue weighted by atomic mass is 10.1. The lowest BCUT2D eigenvalue weighted by Gasteiger charge is -2.17. The molecule has 0 aromatic carbocycles. The predicted molar refractivity (Wildman–Crippen MR) is 76.2 cm³/mol. The first-order valence-corrected chi connectivity index (χ1v) is 7.42. The molecule has 21 heavy (non-hydrogen) atoms. The van der Waals surface area contributed by atoms with Crippen LogP contribution in [0.15, 0.2) is 24.5 Å². The van der Waals surface area contributed by atoms with Crippen LogP contribution in [0.3, 0.4) is 0 Å². The fourth-order valence-corrected chi connectivity index (χ4v) is 2.76. The first-order chi connectivity index (χ1) is 9.91. The molecule has 7 heteroatoms. The van der Waals surface area contributed by atoms with E-state index in [1.807, 2.05) is 26.0 Å². The molecular weight excluding hydrogens is 299 g/mol. The SMILES string of the molecule is CCCNC(c1ccc(C)nc1)c1cnc(C(F)(F)F)s1. The van der Waals surface area contributed by atoms with Crippen molar-refractivity contribution in [3.63, 3.8) is 0 Å². The van der Waals surface area contributed by atoms with E-state index >= 15 is 0 Å². The molecule has 0 radical (unpaired) electrons. The van der Waals surface area contributed by atoms with Crippen molar-refractivity contribution in [2.24, 2.45) is 0 Å². The molecule has 0 fully saturated rings. The molecule has 2 aromatic rings. The molecular formula is C14H16F3N3S. The number of alkyl halides is 3. The van der Waals surface area contributed by atoms with Crippen LogP contribution < -0.4 is 5.32 Å². The molecule has 0 aliphatic heterocycles. The molecule has 0 aliphatic rings. The maximum absolute atomic E-state index is 12.7. The number of aromatic nitrogens is 2. The fourth-order valence-electron chi connectivity index (χ4n) is 1.87. The molecule has 1 atom stereocenters. The van der Waals surface area contributed by atoms with Crippen molar-refractivity contribution in [2.45, 2.75) is 32.5 Å². The minimum absolute atomic E-state index is 0.313. The summed E-state index contributed by atoms with van der Waals surface area (Å²) in [5, 5.41) is 2.43. The highest BCUT2D eigenvalue weighted by Crippen LogP contribution is 2.35. The largest absolute Gasteiger partial charge is 0.443 e. The van der Waals surface area contributed by atoms with Gasteiger partial charge in [0, 0.05) is 23.0 Å². The van der Waals surface area contributed by atoms with E-state index in [1.165, 1.54) is 6.20 Å². The summed E-state index contributed by atoms with van der Waals surface area (Å²) in [7, 11) is 0. The summed E-state index contributed by atoms with van der Waals surface area (Å²) in [6, 6.07) is 3.41. The van der Waals surface area contributed by atoms with Crippen LogP contribution >= 0.6 is 11.3 Å². The van der Waals surface area contributed by atoms with Gasteiger partial charge in [-0.05, 0) is 31.5 Å². The van der Waals surface area contributed by atoms with Gasteiger partial charge in [0.1, 0.15) is 0 Å². The second-order valence-electron chi connectivity index (χ2n) is 4.69. The van der Waals surface area contributed by atoms with Gasteiger partial charge >= 0.3 is 6.18 Å². The number of rotatable bonds is 5. The highest BCUT2D eigenvalue weighted by molar-refractivity contribution is 7.11. The van der Waals surface area contributed by atoms with Crippen LogP contribution in [0.5, 0.6) is 0 Å². The van der Waals surface area contributed by atoms with Gasteiger partial charge in [-0.25, -0.2) is 4.98 Å². The summed E-state index contributed by atoms with van der Waals surface area (Å²) in [6.07, 6.45) is -0.527. The van der Waals surface area contributed by atoms with Crippen LogP contribution in [-0.4, -0.2) is 16.5 Å². The van der Waals surface area contributed by atoms with Crippen molar-refractivity contribution >= 4 is 11.3 Å². The standard InChI is InChI=1S/C14H16F3N3S/c1-3-6-18-12(10-5-4-9(2)19-7-10)11-8-20-13(21-11)14(15,16)17/h4-5,7-8,12,18H,3,6H2,1-2H3. The van der Waals surface area contributed by atoms with E-state index < -0.39 is 11.2 Å². The van der Waals surface area contributed by atoms with Crippen molar-refractivity contribution in [3.8, 4) is 0 Å². The van der Waals surface area contributed by atoms with E-state index in [2.05, 4.69) is 15.3 Å². The highest BCUT2D eigenvalue weighted by atomic mass is 32.1. The third-order valence-corrected chi connectivity index (χ3v) is 4.02. The summed E-state index contributed by atoms with van der Waals surface area (Å²) in [5.74, 6) is 0. The third kappa shape index (κ3) is 4.01. The number of nitrogens with zero attached hydrogens (tertiary/aromatic N) is 2. The topological polar surface area (TPSA) is 37.8 Å². The van der Waals surface area contributed by atoms with Crippen molar-refractivity contribution < 1.29 is 13.2 Å². The summed E-state index contributed by atoms with van der Waals surface area (Å²) >= 11 is 0.671. The highest BCUT2D eigenvalue weighted by Gasteiger charge is 2.35. The van der Waals surface area contributed by atoms with Crippen molar-refractivity contribution in [1.82, 2.24) is 15.3 Å². The average molecular weight is 315 g/mol.